The van der Waals surface area contributed by atoms with Gasteiger partial charge in [0.15, 0.2) is 6.10 Å². The molecule has 0 heterocycles. The van der Waals surface area contributed by atoms with E-state index in [1.54, 1.807) is 0 Å². The van der Waals surface area contributed by atoms with Crippen molar-refractivity contribution in [3.05, 3.63) is 29.1 Å². The molecule has 0 aliphatic heterocycles. The largest absolute Gasteiger partial charge is 0.495 e. The number of alkyl halides is 3. The molecule has 3 nitrogen and oxygen atoms in total. The molecule has 0 aliphatic carbocycles. The minimum Gasteiger partial charge on any atom is -0.495 e. The van der Waals surface area contributed by atoms with Gasteiger partial charge in [-0.05, 0) is 12.1 Å². The molecule has 0 spiro atoms. The van der Waals surface area contributed by atoms with Gasteiger partial charge in [-0.15, -0.1) is 0 Å². The zero-order valence-electron chi connectivity index (χ0n) is 12.0. The first-order valence-electron chi connectivity index (χ1n) is 6.02. The molecule has 1 aromatic carbocycles. The molecule has 0 radical (unpaired) electrons. The van der Waals surface area contributed by atoms with Gasteiger partial charge < -0.3 is 9.47 Å². The number of nitrogens with zero attached hydrogens (tertiary/aromatic N) is 1. The van der Waals surface area contributed by atoms with Crippen LogP contribution in [0.1, 0.15) is 21.3 Å². The Morgan fingerprint density at radius 1 is 1.44 bits per heavy atom. The summed E-state index contributed by atoms with van der Waals surface area (Å²) in [5, 5.41) is 8.80. The number of rotatable bonds is 3. The molecule has 18 heavy (non-hydrogen) atoms. The van der Waals surface area contributed by atoms with Gasteiger partial charge in [-0.1, -0.05) is 0 Å². The van der Waals surface area contributed by atoms with Gasteiger partial charge in [-0.2, -0.15) is 18.4 Å². The summed E-state index contributed by atoms with van der Waals surface area (Å²) in [6, 6.07) is 2.56. The zero-order chi connectivity index (χ0) is 16.4. The fourth-order valence-corrected chi connectivity index (χ4v) is 1.43. The van der Waals surface area contributed by atoms with E-state index in [0.29, 0.717) is 12.1 Å². The van der Waals surface area contributed by atoms with Crippen LogP contribution in [0, 0.1) is 17.1 Å². The fourth-order valence-electron chi connectivity index (χ4n) is 1.43. The highest BCUT2D eigenvalue weighted by atomic mass is 19.4. The van der Waals surface area contributed by atoms with E-state index in [4.69, 9.17) is 9.37 Å². The van der Waals surface area contributed by atoms with Gasteiger partial charge in [0.1, 0.15) is 23.2 Å². The SMILES string of the molecule is [2H]C([2H])([2H])Oc1c(C(OC)C(F)(F)F)ccc(F)c1C#N. The van der Waals surface area contributed by atoms with Crippen LogP contribution in [0.4, 0.5) is 17.6 Å². The van der Waals surface area contributed by atoms with Gasteiger partial charge in [0.05, 0.1) is 11.2 Å². The van der Waals surface area contributed by atoms with Crippen LogP contribution < -0.4 is 4.74 Å². The van der Waals surface area contributed by atoms with E-state index < -0.39 is 42.0 Å². The molecular weight excluding hydrogens is 254 g/mol. The quantitative estimate of drug-likeness (QED) is 0.790. The van der Waals surface area contributed by atoms with Crippen molar-refractivity contribution in [2.45, 2.75) is 12.3 Å². The van der Waals surface area contributed by atoms with E-state index in [1.165, 1.54) is 6.07 Å². The van der Waals surface area contributed by atoms with Crippen molar-refractivity contribution in [2.75, 3.05) is 14.1 Å². The summed E-state index contributed by atoms with van der Waals surface area (Å²) >= 11 is 0. The number of ether oxygens (including phenoxy) is 2. The second-order valence-corrected chi connectivity index (χ2v) is 3.21. The predicted molar refractivity (Wildman–Crippen MR) is 53.5 cm³/mol. The zero-order valence-corrected chi connectivity index (χ0v) is 9.01. The van der Waals surface area contributed by atoms with E-state index in [2.05, 4.69) is 9.47 Å². The molecule has 0 aromatic heterocycles. The lowest BCUT2D eigenvalue weighted by atomic mass is 10.0. The smallest absolute Gasteiger partial charge is 0.418 e. The van der Waals surface area contributed by atoms with Gasteiger partial charge in [-0.3, -0.25) is 0 Å². The molecular formula is C11H9F4NO2. The first-order chi connectivity index (χ1) is 9.51. The second kappa shape index (κ2) is 5.23. The topological polar surface area (TPSA) is 42.2 Å². The van der Waals surface area contributed by atoms with Crippen LogP contribution in [0.15, 0.2) is 12.1 Å². The molecule has 0 aliphatic rings. The van der Waals surface area contributed by atoms with Crippen LogP contribution in [0.2, 0.25) is 0 Å². The molecule has 7 heteroatoms. The normalized spacial score (nSPS) is 16.1. The maximum atomic E-state index is 13.5. The lowest BCUT2D eigenvalue weighted by Gasteiger charge is -2.21. The number of nitriles is 1. The molecule has 0 fully saturated rings. The molecule has 0 amide bonds. The van der Waals surface area contributed by atoms with Crippen molar-refractivity contribution in [1.29, 1.82) is 5.26 Å². The Hall–Kier alpha value is -1.81. The summed E-state index contributed by atoms with van der Waals surface area (Å²) in [5.41, 5.74) is -1.73. The van der Waals surface area contributed by atoms with Gasteiger partial charge in [0, 0.05) is 12.7 Å². The molecule has 0 saturated carbocycles. The number of hydrogen-bond donors (Lipinski definition) is 0. The van der Waals surface area contributed by atoms with Crippen LogP contribution in [-0.2, 0) is 4.74 Å². The summed E-state index contributed by atoms with van der Waals surface area (Å²) in [6.45, 7) is 0. The monoisotopic (exact) mass is 266 g/mol. The van der Waals surface area contributed by atoms with Crippen molar-refractivity contribution in [1.82, 2.24) is 0 Å². The molecule has 1 unspecified atom stereocenters. The summed E-state index contributed by atoms with van der Waals surface area (Å²) in [4.78, 5) is 0. The lowest BCUT2D eigenvalue weighted by molar-refractivity contribution is -0.216. The van der Waals surface area contributed by atoms with Gasteiger partial charge in [0.25, 0.3) is 0 Å². The van der Waals surface area contributed by atoms with Crippen molar-refractivity contribution in [3.63, 3.8) is 0 Å². The van der Waals surface area contributed by atoms with Gasteiger partial charge >= 0.3 is 6.18 Å². The Labute approximate surface area is 105 Å². The Morgan fingerprint density at radius 2 is 2.11 bits per heavy atom. The highest BCUT2D eigenvalue weighted by Crippen LogP contribution is 2.41. The molecule has 1 rings (SSSR count). The molecule has 1 atom stereocenters. The van der Waals surface area contributed by atoms with E-state index >= 15 is 0 Å². The molecule has 1 aromatic rings. The number of hydrogen-bond acceptors (Lipinski definition) is 3. The summed E-state index contributed by atoms with van der Waals surface area (Å²) in [6.07, 6.45) is -7.45. The van der Waals surface area contributed by atoms with Gasteiger partial charge in [-0.25, -0.2) is 4.39 Å². The predicted octanol–water partition coefficient (Wildman–Crippen LogP) is 2.96. The Balaban J connectivity index is 3.55. The summed E-state index contributed by atoms with van der Waals surface area (Å²) in [5.74, 6) is -2.21. The summed E-state index contributed by atoms with van der Waals surface area (Å²) in [7, 11) is -2.41. The van der Waals surface area contributed by atoms with Crippen molar-refractivity contribution in [3.8, 4) is 11.8 Å². The van der Waals surface area contributed by atoms with Crippen LogP contribution in [0.25, 0.3) is 0 Å². The van der Waals surface area contributed by atoms with Crippen LogP contribution in [0.5, 0.6) is 5.75 Å². The third-order valence-electron chi connectivity index (χ3n) is 2.17. The maximum Gasteiger partial charge on any atom is 0.418 e. The highest BCUT2D eigenvalue weighted by Gasteiger charge is 2.43. The van der Waals surface area contributed by atoms with Crippen LogP contribution in [-0.4, -0.2) is 20.3 Å². The molecule has 98 valence electrons. The maximum absolute atomic E-state index is 13.5. The third kappa shape index (κ3) is 2.54. The second-order valence-electron chi connectivity index (χ2n) is 3.21. The number of halogens is 4. The van der Waals surface area contributed by atoms with Crippen molar-refractivity contribution < 1.29 is 31.1 Å². The average molecular weight is 266 g/mol. The number of benzene rings is 1. The van der Waals surface area contributed by atoms with Crippen LogP contribution >= 0.6 is 0 Å². The Morgan fingerprint density at radius 3 is 2.56 bits per heavy atom. The van der Waals surface area contributed by atoms with Gasteiger partial charge in [0.2, 0.25) is 0 Å². The van der Waals surface area contributed by atoms with E-state index in [1.807, 2.05) is 0 Å². The lowest BCUT2D eigenvalue weighted by Crippen LogP contribution is -2.23. The first-order valence-corrected chi connectivity index (χ1v) is 4.52. The fraction of sp³-hybridized carbons (Fsp3) is 0.364. The standard InChI is InChI=1S/C11H9F4NO2/c1-17-9-6(10(18-2)11(13,14)15)3-4-8(12)7(9)5-16/h3-4,10H,1-2H3/i1D3. The molecule has 0 N–H and O–H groups in total. The van der Waals surface area contributed by atoms with Crippen molar-refractivity contribution >= 4 is 0 Å². The van der Waals surface area contributed by atoms with Crippen molar-refractivity contribution in [2.24, 2.45) is 0 Å². The van der Waals surface area contributed by atoms with E-state index in [-0.39, 0.29) is 0 Å². The third-order valence-corrected chi connectivity index (χ3v) is 2.17. The average Bonchev–Trinajstić information content (AvgIpc) is 2.29. The Kier molecular flexibility index (Phi) is 2.95. The Bertz CT molecular complexity index is 566. The molecule has 0 saturated heterocycles. The first kappa shape index (κ1) is 10.1. The van der Waals surface area contributed by atoms with Crippen LogP contribution in [0.3, 0.4) is 0 Å². The molecule has 0 bridgehead atoms. The minimum absolute atomic E-state index is 0.609. The summed E-state index contributed by atoms with van der Waals surface area (Å²) < 4.78 is 81.4. The number of methoxy groups -OCH3 is 2. The van der Waals surface area contributed by atoms with E-state index in [9.17, 15) is 17.6 Å². The van der Waals surface area contributed by atoms with E-state index in [0.717, 1.165) is 7.11 Å². The minimum atomic E-state index is -4.90. The highest BCUT2D eigenvalue weighted by molar-refractivity contribution is 5.50.